The number of pyridine rings is 1. The summed E-state index contributed by atoms with van der Waals surface area (Å²) in [4.78, 5) is 42.8. The van der Waals surface area contributed by atoms with Gasteiger partial charge in [-0.2, -0.15) is 4.57 Å². The van der Waals surface area contributed by atoms with Crippen molar-refractivity contribution in [3.05, 3.63) is 112 Å². The zero-order valence-electron chi connectivity index (χ0n) is 21.0. The van der Waals surface area contributed by atoms with Gasteiger partial charge in [0.05, 0.1) is 17.8 Å². The molecule has 3 heterocycles. The number of carbonyl (C=O) groups excluding carboxylic acids is 2. The Morgan fingerprint density at radius 2 is 1.57 bits per heavy atom. The lowest BCUT2D eigenvalue weighted by Crippen LogP contribution is -2.40. The smallest absolute Gasteiger partial charge is 0.294 e. The molecule has 0 bridgehead atoms. The lowest BCUT2D eigenvalue weighted by Gasteiger charge is -2.12. The quantitative estimate of drug-likeness (QED) is 0.297. The van der Waals surface area contributed by atoms with Crippen LogP contribution in [-0.4, -0.2) is 33.0 Å². The summed E-state index contributed by atoms with van der Waals surface area (Å²) in [6.45, 7) is 4.54. The normalized spacial score (nSPS) is 13.6. The first kappa shape index (κ1) is 24.2. The predicted molar refractivity (Wildman–Crippen MR) is 142 cm³/mol. The second-order valence-electron chi connectivity index (χ2n) is 9.23. The lowest BCUT2D eigenvalue weighted by molar-refractivity contribution is -0.577. The Morgan fingerprint density at radius 1 is 0.865 bits per heavy atom. The first-order chi connectivity index (χ1) is 18.0. The minimum Gasteiger partial charge on any atom is -0.294 e. The monoisotopic (exact) mass is 493 g/mol. The Bertz CT molecular complexity index is 1550. The topological polar surface area (TPSA) is 79.1 Å². The molecule has 0 spiro atoms. The highest BCUT2D eigenvalue weighted by molar-refractivity contribution is 6.45. The Kier molecular flexibility index (Phi) is 6.68. The van der Waals surface area contributed by atoms with Gasteiger partial charge in [-0.3, -0.25) is 24.4 Å². The van der Waals surface area contributed by atoms with Gasteiger partial charge in [-0.05, 0) is 25.0 Å². The van der Waals surface area contributed by atoms with E-state index in [0.717, 1.165) is 23.1 Å². The number of amides is 2. The molecule has 0 saturated heterocycles. The van der Waals surface area contributed by atoms with E-state index in [1.165, 1.54) is 9.58 Å². The molecule has 186 valence electrons. The Hall–Kier alpha value is -4.52. The highest BCUT2D eigenvalue weighted by Crippen LogP contribution is 2.33. The number of aryl methyl sites for hydroxylation is 1. The van der Waals surface area contributed by atoms with E-state index in [9.17, 15) is 14.4 Å². The average Bonchev–Trinajstić information content (AvgIpc) is 3.35. The zero-order valence-corrected chi connectivity index (χ0v) is 21.0. The van der Waals surface area contributed by atoms with Crippen LogP contribution in [0, 0.1) is 6.92 Å². The molecule has 2 aromatic heterocycles. The van der Waals surface area contributed by atoms with Crippen LogP contribution in [-0.2, 0) is 16.1 Å². The van der Waals surface area contributed by atoms with Gasteiger partial charge in [0.15, 0.2) is 12.4 Å². The van der Waals surface area contributed by atoms with Crippen molar-refractivity contribution in [2.45, 2.75) is 33.2 Å². The summed E-state index contributed by atoms with van der Waals surface area (Å²) in [5.74, 6) is -0.833. The number of carbonyl (C=O) groups is 2. The molecule has 37 heavy (non-hydrogen) atoms. The molecule has 2 amide bonds. The van der Waals surface area contributed by atoms with Gasteiger partial charge in [-0.15, -0.1) is 0 Å². The Labute approximate surface area is 215 Å². The van der Waals surface area contributed by atoms with Crippen LogP contribution in [0.2, 0.25) is 0 Å². The minimum atomic E-state index is -0.442. The summed E-state index contributed by atoms with van der Waals surface area (Å²) in [5.41, 5.74) is 3.34. The number of hydrogen-bond donors (Lipinski definition) is 1. The summed E-state index contributed by atoms with van der Waals surface area (Å²) in [6, 6.07) is 22.8. The molecule has 1 N–H and O–H groups in total. The standard InChI is InChI=1S/C30H28N4O3/c1-3-4-18-33-28(35)25(27(30(33)37)32-17-11-12-21(2)19-32)24-26(23-15-9-6-10-16-23)31-34(29(24)36)20-22-13-7-5-8-14-22/h5-17,19H,3-4,18,20H2,1-2H3/p+1. The summed E-state index contributed by atoms with van der Waals surface area (Å²) in [5, 5.41) is 3.25. The molecule has 0 aliphatic carbocycles. The van der Waals surface area contributed by atoms with Gasteiger partial charge in [0.25, 0.3) is 17.2 Å². The van der Waals surface area contributed by atoms with Crippen molar-refractivity contribution in [3.63, 3.8) is 0 Å². The molecule has 0 atom stereocenters. The molecule has 4 aromatic rings. The first-order valence-electron chi connectivity index (χ1n) is 12.5. The van der Waals surface area contributed by atoms with Crippen LogP contribution in [0.3, 0.4) is 0 Å². The number of H-pyrrole nitrogens is 1. The third-order valence-electron chi connectivity index (χ3n) is 6.54. The van der Waals surface area contributed by atoms with Crippen molar-refractivity contribution >= 4 is 23.1 Å². The molecular formula is C30H29N4O3+. The fourth-order valence-corrected chi connectivity index (χ4v) is 4.69. The third-order valence-corrected chi connectivity index (χ3v) is 6.54. The predicted octanol–water partition coefficient (Wildman–Crippen LogP) is 4.02. The number of aromatic nitrogens is 3. The van der Waals surface area contributed by atoms with Gasteiger partial charge >= 0.3 is 5.91 Å². The molecule has 5 rings (SSSR count). The first-order valence-corrected chi connectivity index (χ1v) is 12.5. The second kappa shape index (κ2) is 10.2. The fraction of sp³-hybridized carbons (Fsp3) is 0.200. The van der Waals surface area contributed by atoms with E-state index in [-0.39, 0.29) is 22.4 Å². The van der Waals surface area contributed by atoms with Gasteiger partial charge in [0.2, 0.25) is 0 Å². The van der Waals surface area contributed by atoms with Crippen LogP contribution < -0.4 is 10.1 Å². The van der Waals surface area contributed by atoms with E-state index in [1.54, 1.807) is 17.0 Å². The largest absolute Gasteiger partial charge is 0.326 e. The molecule has 2 aromatic carbocycles. The van der Waals surface area contributed by atoms with E-state index in [2.05, 4.69) is 5.10 Å². The van der Waals surface area contributed by atoms with Gasteiger partial charge in [-0.1, -0.05) is 74.0 Å². The lowest BCUT2D eigenvalue weighted by atomic mass is 10.0. The molecule has 1 aliphatic rings. The number of unbranched alkanes of at least 4 members (excludes halogenated alkanes) is 1. The molecule has 1 aliphatic heterocycles. The Morgan fingerprint density at radius 3 is 2.24 bits per heavy atom. The maximum absolute atomic E-state index is 14.0. The summed E-state index contributed by atoms with van der Waals surface area (Å²) < 4.78 is 3.17. The van der Waals surface area contributed by atoms with E-state index in [4.69, 9.17) is 0 Å². The van der Waals surface area contributed by atoms with E-state index >= 15 is 0 Å². The van der Waals surface area contributed by atoms with Crippen LogP contribution in [0.25, 0.3) is 22.5 Å². The highest BCUT2D eigenvalue weighted by Gasteiger charge is 2.47. The molecule has 7 nitrogen and oxygen atoms in total. The molecule has 0 radical (unpaired) electrons. The summed E-state index contributed by atoms with van der Waals surface area (Å²) in [7, 11) is 0. The summed E-state index contributed by atoms with van der Waals surface area (Å²) >= 11 is 0. The number of benzene rings is 2. The van der Waals surface area contributed by atoms with E-state index < -0.39 is 11.8 Å². The number of rotatable bonds is 8. The van der Waals surface area contributed by atoms with Crippen molar-refractivity contribution in [2.24, 2.45) is 0 Å². The van der Waals surface area contributed by atoms with Crippen LogP contribution in [0.15, 0.2) is 90.0 Å². The van der Waals surface area contributed by atoms with Crippen molar-refractivity contribution in [1.29, 1.82) is 0 Å². The van der Waals surface area contributed by atoms with E-state index in [0.29, 0.717) is 25.2 Å². The number of imide groups is 1. The van der Waals surface area contributed by atoms with Gasteiger partial charge in [0, 0.05) is 23.7 Å². The van der Waals surface area contributed by atoms with Crippen molar-refractivity contribution in [3.8, 4) is 11.3 Å². The molecule has 0 saturated carbocycles. The highest BCUT2D eigenvalue weighted by atomic mass is 16.2. The van der Waals surface area contributed by atoms with Crippen molar-refractivity contribution in [2.75, 3.05) is 6.54 Å². The van der Waals surface area contributed by atoms with Gasteiger partial charge in [0.1, 0.15) is 5.57 Å². The maximum atomic E-state index is 14.0. The zero-order chi connectivity index (χ0) is 25.9. The number of hydrogen-bond acceptors (Lipinski definition) is 3. The maximum Gasteiger partial charge on any atom is 0.326 e. The van der Waals surface area contributed by atoms with E-state index in [1.807, 2.05) is 86.6 Å². The van der Waals surface area contributed by atoms with Crippen LogP contribution in [0.1, 0.15) is 36.5 Å². The van der Waals surface area contributed by atoms with Crippen LogP contribution >= 0.6 is 0 Å². The fourth-order valence-electron chi connectivity index (χ4n) is 4.69. The molecule has 7 heteroatoms. The van der Waals surface area contributed by atoms with Crippen LogP contribution in [0.4, 0.5) is 0 Å². The van der Waals surface area contributed by atoms with Crippen molar-refractivity contribution < 1.29 is 14.2 Å². The average molecular weight is 494 g/mol. The SMILES string of the molecule is CCCCN1C(=O)C(c2c(-c3ccccc3)[nH]n(Cc3ccccc3)c2=O)=C([n+]2cccc(C)c2)C1=O. The number of nitrogens with one attached hydrogen (secondary N) is 1. The number of aromatic amines is 1. The molecular weight excluding hydrogens is 464 g/mol. The summed E-state index contributed by atoms with van der Waals surface area (Å²) in [6.07, 6.45) is 5.07. The third kappa shape index (κ3) is 4.56. The number of nitrogens with zero attached hydrogens (tertiary/aromatic N) is 3. The molecule has 0 unspecified atom stereocenters. The molecule has 0 fully saturated rings. The second-order valence-corrected chi connectivity index (χ2v) is 9.23. The Balaban J connectivity index is 1.77. The van der Waals surface area contributed by atoms with Gasteiger partial charge in [-0.25, -0.2) is 4.68 Å². The van der Waals surface area contributed by atoms with Crippen molar-refractivity contribution in [1.82, 2.24) is 14.7 Å². The van der Waals surface area contributed by atoms with Gasteiger partial charge < -0.3 is 0 Å². The minimum absolute atomic E-state index is 0.128. The van der Waals surface area contributed by atoms with Crippen LogP contribution in [0.5, 0.6) is 0 Å².